The zero-order valence-electron chi connectivity index (χ0n) is 15.1. The average Bonchev–Trinajstić information content (AvgIpc) is 2.61. The fourth-order valence-electron chi connectivity index (χ4n) is 2.58. The topological polar surface area (TPSA) is 48.7 Å². The van der Waals surface area contributed by atoms with Crippen molar-refractivity contribution < 1.29 is 13.9 Å². The van der Waals surface area contributed by atoms with Gasteiger partial charge in [-0.15, -0.1) is 0 Å². The van der Waals surface area contributed by atoms with E-state index in [4.69, 9.17) is 13.9 Å². The van der Waals surface area contributed by atoms with E-state index in [2.05, 4.69) is 11.8 Å². The van der Waals surface area contributed by atoms with Crippen molar-refractivity contribution >= 4 is 11.0 Å². The molecular formula is C22H20O4. The van der Waals surface area contributed by atoms with Gasteiger partial charge in [0.15, 0.2) is 0 Å². The smallest absolute Gasteiger partial charge is 0.339 e. The van der Waals surface area contributed by atoms with Crippen molar-refractivity contribution in [3.63, 3.8) is 0 Å². The lowest BCUT2D eigenvalue weighted by Gasteiger charge is -2.08. The summed E-state index contributed by atoms with van der Waals surface area (Å²) in [6.07, 6.45) is 0. The predicted molar refractivity (Wildman–Crippen MR) is 102 cm³/mol. The standard InChI is InChI=1S/C22H20O4/c1-15-9-10-20-18(13-15)21(14-22(23)26-20)25-12-5-4-11-24-19-8-6-7-16(2)17(19)3/h6-10,13-14H,11-12H2,1-3H3. The second-order valence-electron chi connectivity index (χ2n) is 6.06. The van der Waals surface area contributed by atoms with E-state index in [1.807, 2.05) is 51.1 Å². The Morgan fingerprint density at radius 3 is 2.42 bits per heavy atom. The fourth-order valence-corrected chi connectivity index (χ4v) is 2.58. The second kappa shape index (κ2) is 7.79. The van der Waals surface area contributed by atoms with Crippen LogP contribution in [0.3, 0.4) is 0 Å². The molecule has 132 valence electrons. The number of ether oxygens (including phenoxy) is 2. The Labute approximate surface area is 152 Å². The summed E-state index contributed by atoms with van der Waals surface area (Å²) in [5.41, 5.74) is 3.42. The Morgan fingerprint density at radius 1 is 0.923 bits per heavy atom. The number of hydrogen-bond donors (Lipinski definition) is 0. The molecule has 0 fully saturated rings. The van der Waals surface area contributed by atoms with E-state index in [0.717, 1.165) is 22.3 Å². The van der Waals surface area contributed by atoms with E-state index in [1.54, 1.807) is 6.07 Å². The summed E-state index contributed by atoms with van der Waals surface area (Å²) in [7, 11) is 0. The molecule has 26 heavy (non-hydrogen) atoms. The lowest BCUT2D eigenvalue weighted by Crippen LogP contribution is -2.03. The Bertz CT molecular complexity index is 1050. The van der Waals surface area contributed by atoms with Crippen LogP contribution >= 0.6 is 0 Å². The molecule has 0 amide bonds. The van der Waals surface area contributed by atoms with Crippen LogP contribution < -0.4 is 15.1 Å². The van der Waals surface area contributed by atoms with Crippen molar-refractivity contribution in [2.75, 3.05) is 13.2 Å². The first-order valence-electron chi connectivity index (χ1n) is 8.36. The number of benzene rings is 2. The van der Waals surface area contributed by atoms with Gasteiger partial charge in [-0.2, -0.15) is 0 Å². The third kappa shape index (κ3) is 4.07. The molecule has 0 saturated carbocycles. The lowest BCUT2D eigenvalue weighted by molar-refractivity contribution is 0.361. The Morgan fingerprint density at radius 2 is 1.65 bits per heavy atom. The van der Waals surface area contributed by atoms with Gasteiger partial charge in [0.2, 0.25) is 0 Å². The van der Waals surface area contributed by atoms with E-state index in [9.17, 15) is 4.79 Å². The normalized spacial score (nSPS) is 10.3. The molecule has 0 radical (unpaired) electrons. The van der Waals surface area contributed by atoms with Crippen LogP contribution in [-0.4, -0.2) is 13.2 Å². The highest BCUT2D eigenvalue weighted by Crippen LogP contribution is 2.24. The zero-order valence-corrected chi connectivity index (χ0v) is 15.1. The maximum atomic E-state index is 11.6. The molecule has 4 nitrogen and oxygen atoms in total. The largest absolute Gasteiger partial charge is 0.481 e. The van der Waals surface area contributed by atoms with E-state index in [0.29, 0.717) is 11.3 Å². The van der Waals surface area contributed by atoms with Gasteiger partial charge in [-0.05, 0) is 50.1 Å². The molecule has 0 aliphatic rings. The van der Waals surface area contributed by atoms with Crippen molar-refractivity contribution in [1.29, 1.82) is 0 Å². The molecule has 1 aromatic heterocycles. The molecule has 0 bridgehead atoms. The van der Waals surface area contributed by atoms with Crippen LogP contribution in [0.4, 0.5) is 0 Å². The minimum absolute atomic E-state index is 0.169. The van der Waals surface area contributed by atoms with Crippen LogP contribution in [0.5, 0.6) is 11.5 Å². The molecule has 0 unspecified atom stereocenters. The van der Waals surface area contributed by atoms with Crippen LogP contribution in [0.25, 0.3) is 11.0 Å². The van der Waals surface area contributed by atoms with E-state index in [1.165, 1.54) is 11.6 Å². The first kappa shape index (κ1) is 17.6. The third-order valence-corrected chi connectivity index (χ3v) is 4.14. The molecule has 0 saturated heterocycles. The maximum Gasteiger partial charge on any atom is 0.339 e. The van der Waals surface area contributed by atoms with Crippen molar-refractivity contribution in [1.82, 2.24) is 0 Å². The molecule has 2 aromatic carbocycles. The van der Waals surface area contributed by atoms with Crippen molar-refractivity contribution in [3.05, 3.63) is 69.6 Å². The first-order valence-corrected chi connectivity index (χ1v) is 8.36. The summed E-state index contributed by atoms with van der Waals surface area (Å²) in [4.78, 5) is 11.6. The summed E-state index contributed by atoms with van der Waals surface area (Å²) in [5.74, 6) is 7.15. The average molecular weight is 348 g/mol. The van der Waals surface area contributed by atoms with Crippen LogP contribution in [0, 0.1) is 32.6 Å². The van der Waals surface area contributed by atoms with Gasteiger partial charge < -0.3 is 13.9 Å². The summed E-state index contributed by atoms with van der Waals surface area (Å²) < 4.78 is 16.5. The molecule has 1 heterocycles. The Hall–Kier alpha value is -3.19. The molecule has 0 aliphatic heterocycles. The van der Waals surface area contributed by atoms with Crippen LogP contribution in [-0.2, 0) is 0 Å². The van der Waals surface area contributed by atoms with Crippen LogP contribution in [0.2, 0.25) is 0 Å². The number of hydrogen-bond acceptors (Lipinski definition) is 4. The maximum absolute atomic E-state index is 11.6. The predicted octanol–water partition coefficient (Wildman–Crippen LogP) is 4.18. The molecule has 4 heteroatoms. The van der Waals surface area contributed by atoms with Crippen molar-refractivity contribution in [3.8, 4) is 23.3 Å². The highest BCUT2D eigenvalue weighted by molar-refractivity contribution is 5.83. The molecule has 0 N–H and O–H groups in total. The SMILES string of the molecule is Cc1ccc2oc(=O)cc(OCC#CCOc3cccc(C)c3C)c2c1. The minimum atomic E-state index is -0.442. The zero-order chi connectivity index (χ0) is 18.5. The number of fused-ring (bicyclic) bond motifs is 1. The van der Waals surface area contributed by atoms with Crippen LogP contribution in [0.15, 0.2) is 51.7 Å². The highest BCUT2D eigenvalue weighted by atomic mass is 16.5. The second-order valence-corrected chi connectivity index (χ2v) is 6.06. The van der Waals surface area contributed by atoms with Gasteiger partial charge in [-0.1, -0.05) is 35.6 Å². The third-order valence-electron chi connectivity index (χ3n) is 4.14. The molecular weight excluding hydrogens is 328 g/mol. The molecule has 3 aromatic rings. The molecule has 0 atom stereocenters. The summed E-state index contributed by atoms with van der Waals surface area (Å²) in [6.45, 7) is 6.49. The lowest BCUT2D eigenvalue weighted by atomic mass is 10.1. The van der Waals surface area contributed by atoms with Gasteiger partial charge in [0.05, 0.1) is 11.5 Å². The molecule has 0 aliphatic carbocycles. The fraction of sp³-hybridized carbons (Fsp3) is 0.227. The quantitative estimate of drug-likeness (QED) is 0.524. The van der Waals surface area contributed by atoms with Crippen molar-refractivity contribution in [2.45, 2.75) is 20.8 Å². The van der Waals surface area contributed by atoms with Crippen molar-refractivity contribution in [2.24, 2.45) is 0 Å². The first-order chi connectivity index (χ1) is 12.5. The van der Waals surface area contributed by atoms with Gasteiger partial charge >= 0.3 is 5.63 Å². The summed E-state index contributed by atoms with van der Waals surface area (Å²) in [6, 6.07) is 12.9. The molecule has 0 spiro atoms. The van der Waals surface area contributed by atoms with Gasteiger partial charge in [-0.3, -0.25) is 0 Å². The van der Waals surface area contributed by atoms with E-state index >= 15 is 0 Å². The highest BCUT2D eigenvalue weighted by Gasteiger charge is 2.06. The van der Waals surface area contributed by atoms with E-state index < -0.39 is 5.63 Å². The summed E-state index contributed by atoms with van der Waals surface area (Å²) in [5, 5.41) is 0.762. The monoisotopic (exact) mass is 348 g/mol. The number of aryl methyl sites for hydroxylation is 2. The van der Waals surface area contributed by atoms with Gasteiger partial charge in [0, 0.05) is 0 Å². The Kier molecular flexibility index (Phi) is 5.28. The van der Waals surface area contributed by atoms with E-state index in [-0.39, 0.29) is 13.2 Å². The van der Waals surface area contributed by atoms with Crippen LogP contribution in [0.1, 0.15) is 16.7 Å². The number of rotatable bonds is 4. The van der Waals surface area contributed by atoms with Gasteiger partial charge in [0.1, 0.15) is 30.3 Å². The molecule has 3 rings (SSSR count). The Balaban J connectivity index is 1.63. The minimum Gasteiger partial charge on any atom is -0.481 e. The van der Waals surface area contributed by atoms with Gasteiger partial charge in [-0.25, -0.2) is 4.79 Å². The summed E-state index contributed by atoms with van der Waals surface area (Å²) >= 11 is 0. The van der Waals surface area contributed by atoms with Gasteiger partial charge in [0.25, 0.3) is 0 Å².